The number of hydrogen-bond donors (Lipinski definition) is 2. The molecule has 2 aromatic heterocycles. The number of benzene rings is 4. The van der Waals surface area contributed by atoms with E-state index >= 15 is 0 Å². The Labute approximate surface area is 249 Å². The van der Waals surface area contributed by atoms with E-state index in [0.717, 1.165) is 33.3 Å². The van der Waals surface area contributed by atoms with Gasteiger partial charge in [-0.05, 0) is 33.7 Å². The first-order valence-corrected chi connectivity index (χ1v) is 16.1. The molecule has 0 saturated carbocycles. The van der Waals surface area contributed by atoms with Gasteiger partial charge in [-0.15, -0.1) is 22.7 Å². The highest BCUT2D eigenvalue weighted by molar-refractivity contribution is 7.99. The third-order valence-corrected chi connectivity index (χ3v) is 9.04. The van der Waals surface area contributed by atoms with Gasteiger partial charge in [0.25, 0.3) is 0 Å². The van der Waals surface area contributed by atoms with E-state index in [9.17, 15) is 9.59 Å². The van der Waals surface area contributed by atoms with Gasteiger partial charge in [0.2, 0.25) is 11.8 Å². The number of carbonyl (C=O) groups excluding carboxylic acids is 2. The van der Waals surface area contributed by atoms with Gasteiger partial charge in [0.1, 0.15) is 0 Å². The van der Waals surface area contributed by atoms with Crippen molar-refractivity contribution in [2.75, 3.05) is 22.1 Å². The molecular formula is C32H26N4O2S3. The van der Waals surface area contributed by atoms with Crippen LogP contribution in [0.2, 0.25) is 0 Å². The summed E-state index contributed by atoms with van der Waals surface area (Å²) in [6.07, 6.45) is 0.720. The van der Waals surface area contributed by atoms with Gasteiger partial charge < -0.3 is 10.6 Å². The zero-order valence-corrected chi connectivity index (χ0v) is 24.5. The fourth-order valence-corrected chi connectivity index (χ4v) is 6.76. The lowest BCUT2D eigenvalue weighted by Gasteiger charge is -2.04. The predicted octanol–water partition coefficient (Wildman–Crippen LogP) is 8.33. The molecule has 0 bridgehead atoms. The van der Waals surface area contributed by atoms with E-state index in [1.165, 1.54) is 33.4 Å². The molecule has 0 aliphatic carbocycles. The minimum Gasteiger partial charge on any atom is -0.302 e. The molecule has 0 spiro atoms. The number of nitrogens with zero attached hydrogens (tertiary/aromatic N) is 2. The van der Waals surface area contributed by atoms with Crippen molar-refractivity contribution in [3.05, 3.63) is 95.7 Å². The van der Waals surface area contributed by atoms with Gasteiger partial charge in [-0.3, -0.25) is 9.59 Å². The summed E-state index contributed by atoms with van der Waals surface area (Å²) in [4.78, 5) is 34.0. The Morgan fingerprint density at radius 2 is 1.05 bits per heavy atom. The van der Waals surface area contributed by atoms with Gasteiger partial charge >= 0.3 is 0 Å². The molecule has 41 heavy (non-hydrogen) atoms. The van der Waals surface area contributed by atoms with Crippen LogP contribution in [-0.4, -0.2) is 33.3 Å². The van der Waals surface area contributed by atoms with Gasteiger partial charge in [0, 0.05) is 46.2 Å². The Bertz CT molecular complexity index is 1710. The summed E-state index contributed by atoms with van der Waals surface area (Å²) in [6, 6.07) is 28.9. The van der Waals surface area contributed by atoms with Gasteiger partial charge in [-0.2, -0.15) is 11.8 Å². The molecule has 2 N–H and O–H groups in total. The van der Waals surface area contributed by atoms with Crippen molar-refractivity contribution >= 4 is 78.1 Å². The SMILES string of the molecule is O=C(CCSCCC(=O)Nc1nc(-c2ccc3ccccc3c2)cs1)Nc1nc(-c2ccc3ccccc3c2)cs1. The molecule has 0 fully saturated rings. The highest BCUT2D eigenvalue weighted by Gasteiger charge is 2.11. The molecule has 2 heterocycles. The topological polar surface area (TPSA) is 84.0 Å². The van der Waals surface area contributed by atoms with Crippen molar-refractivity contribution in [1.82, 2.24) is 9.97 Å². The second kappa shape index (κ2) is 12.6. The number of aromatic nitrogens is 2. The fraction of sp³-hybridized carbons (Fsp3) is 0.125. The third-order valence-electron chi connectivity index (χ3n) is 6.54. The van der Waals surface area contributed by atoms with Crippen LogP contribution >= 0.6 is 34.4 Å². The Kier molecular flexibility index (Phi) is 8.36. The van der Waals surface area contributed by atoms with Crippen molar-refractivity contribution in [2.45, 2.75) is 12.8 Å². The summed E-state index contributed by atoms with van der Waals surface area (Å²) in [5.41, 5.74) is 3.75. The van der Waals surface area contributed by atoms with Gasteiger partial charge in [-0.1, -0.05) is 72.8 Å². The molecule has 0 unspecified atom stereocenters. The fourth-order valence-electron chi connectivity index (χ4n) is 4.42. The second-order valence-electron chi connectivity index (χ2n) is 9.41. The minimum absolute atomic E-state index is 0.0784. The molecule has 0 aliphatic rings. The van der Waals surface area contributed by atoms with Gasteiger partial charge in [-0.25, -0.2) is 9.97 Å². The molecule has 6 nitrogen and oxygen atoms in total. The highest BCUT2D eigenvalue weighted by Crippen LogP contribution is 2.29. The quantitative estimate of drug-likeness (QED) is 0.156. The lowest BCUT2D eigenvalue weighted by atomic mass is 10.1. The third kappa shape index (κ3) is 6.82. The summed E-state index contributed by atoms with van der Waals surface area (Å²) < 4.78 is 0. The molecule has 4 aromatic carbocycles. The van der Waals surface area contributed by atoms with E-state index in [4.69, 9.17) is 0 Å². The molecule has 0 atom stereocenters. The first kappa shape index (κ1) is 27.1. The van der Waals surface area contributed by atoms with Crippen LogP contribution in [0.15, 0.2) is 95.7 Å². The molecule has 0 aliphatic heterocycles. The number of anilines is 2. The van der Waals surface area contributed by atoms with E-state index < -0.39 is 0 Å². The number of hydrogen-bond acceptors (Lipinski definition) is 7. The van der Waals surface area contributed by atoms with Crippen LogP contribution in [0.5, 0.6) is 0 Å². The molecule has 204 valence electrons. The maximum atomic E-state index is 12.4. The summed E-state index contributed by atoms with van der Waals surface area (Å²) in [7, 11) is 0. The summed E-state index contributed by atoms with van der Waals surface area (Å²) in [6.45, 7) is 0. The van der Waals surface area contributed by atoms with Crippen LogP contribution in [0.1, 0.15) is 12.8 Å². The summed E-state index contributed by atoms with van der Waals surface area (Å²) in [5.74, 6) is 1.10. The van der Waals surface area contributed by atoms with Crippen LogP contribution in [-0.2, 0) is 9.59 Å². The van der Waals surface area contributed by atoms with Crippen LogP contribution in [0, 0.1) is 0 Å². The number of thioether (sulfide) groups is 1. The first-order chi connectivity index (χ1) is 20.1. The van der Waals surface area contributed by atoms with Crippen molar-refractivity contribution in [2.24, 2.45) is 0 Å². The van der Waals surface area contributed by atoms with Crippen molar-refractivity contribution in [1.29, 1.82) is 0 Å². The second-order valence-corrected chi connectivity index (χ2v) is 12.3. The van der Waals surface area contributed by atoms with Crippen LogP contribution < -0.4 is 10.6 Å². The van der Waals surface area contributed by atoms with Crippen molar-refractivity contribution < 1.29 is 9.59 Å². The molecule has 9 heteroatoms. The standard InChI is InChI=1S/C32H26N4O2S3/c37-29(35-31-33-27(19-40-31)25-11-9-21-5-1-3-7-23(21)17-25)13-15-39-16-14-30(38)36-32-34-28(20-41-32)26-12-10-22-6-2-4-8-24(22)18-26/h1-12,17-20H,13-16H2,(H,33,35,37)(H,34,36,38). The molecular weight excluding hydrogens is 569 g/mol. The van der Waals surface area contributed by atoms with Crippen LogP contribution in [0.4, 0.5) is 10.3 Å². The number of rotatable bonds is 10. The summed E-state index contributed by atoms with van der Waals surface area (Å²) >= 11 is 4.42. The van der Waals surface area contributed by atoms with E-state index in [2.05, 4.69) is 69.1 Å². The van der Waals surface area contributed by atoms with Crippen LogP contribution in [0.25, 0.3) is 44.1 Å². The Balaban J connectivity index is 0.916. The van der Waals surface area contributed by atoms with E-state index in [1.54, 1.807) is 11.8 Å². The number of nitrogens with one attached hydrogen (secondary N) is 2. The molecule has 6 aromatic rings. The molecule has 6 rings (SSSR count). The average molecular weight is 595 g/mol. The van der Waals surface area contributed by atoms with Crippen molar-refractivity contribution in [3.8, 4) is 22.5 Å². The maximum Gasteiger partial charge on any atom is 0.226 e. The smallest absolute Gasteiger partial charge is 0.226 e. The number of carbonyl (C=O) groups is 2. The zero-order chi connectivity index (χ0) is 28.0. The molecule has 0 saturated heterocycles. The predicted molar refractivity (Wildman–Crippen MR) is 174 cm³/mol. The largest absolute Gasteiger partial charge is 0.302 e. The first-order valence-electron chi connectivity index (χ1n) is 13.2. The highest BCUT2D eigenvalue weighted by atomic mass is 32.2. The Morgan fingerprint density at radius 3 is 1.51 bits per heavy atom. The number of amides is 2. The number of fused-ring (bicyclic) bond motifs is 2. The Morgan fingerprint density at radius 1 is 0.610 bits per heavy atom. The normalized spacial score (nSPS) is 11.1. The lowest BCUT2D eigenvalue weighted by molar-refractivity contribution is -0.116. The molecule has 0 radical (unpaired) electrons. The minimum atomic E-state index is -0.0784. The average Bonchev–Trinajstić information content (AvgIpc) is 3.66. The van der Waals surface area contributed by atoms with Crippen molar-refractivity contribution in [3.63, 3.8) is 0 Å². The van der Waals surface area contributed by atoms with Gasteiger partial charge in [0.15, 0.2) is 10.3 Å². The lowest BCUT2D eigenvalue weighted by Crippen LogP contribution is -2.13. The zero-order valence-electron chi connectivity index (χ0n) is 22.0. The Hall–Kier alpha value is -4.05. The summed E-state index contributed by atoms with van der Waals surface area (Å²) in [5, 5.41) is 15.6. The maximum absolute atomic E-state index is 12.4. The van der Waals surface area contributed by atoms with E-state index in [1.807, 2.05) is 47.2 Å². The number of thiazole rings is 2. The van der Waals surface area contributed by atoms with E-state index in [0.29, 0.717) is 34.6 Å². The monoisotopic (exact) mass is 594 g/mol. The van der Waals surface area contributed by atoms with Crippen LogP contribution in [0.3, 0.4) is 0 Å². The van der Waals surface area contributed by atoms with E-state index in [-0.39, 0.29) is 11.8 Å². The molecule has 2 amide bonds. The van der Waals surface area contributed by atoms with Gasteiger partial charge in [0.05, 0.1) is 11.4 Å².